The Morgan fingerprint density at radius 2 is 2.06 bits per heavy atom. The van der Waals surface area contributed by atoms with Gasteiger partial charge in [0.25, 0.3) is 0 Å². The lowest BCUT2D eigenvalue weighted by Crippen LogP contribution is -2.26. The van der Waals surface area contributed by atoms with Crippen molar-refractivity contribution in [2.24, 2.45) is 5.73 Å². The summed E-state index contributed by atoms with van der Waals surface area (Å²) in [6.07, 6.45) is 0.886. The highest BCUT2D eigenvalue weighted by Gasteiger charge is 2.08. The fourth-order valence-corrected chi connectivity index (χ4v) is 1.55. The minimum absolute atomic E-state index is 0.480. The summed E-state index contributed by atoms with van der Waals surface area (Å²) in [6.45, 7) is 4.81. The molecule has 0 saturated heterocycles. The lowest BCUT2D eigenvalue weighted by molar-refractivity contribution is 0.274. The molecular formula is C12H18F2N2. The van der Waals surface area contributed by atoms with Gasteiger partial charge >= 0.3 is 0 Å². The molecule has 0 heterocycles. The first-order chi connectivity index (χ1) is 7.67. The minimum atomic E-state index is -0.536. The summed E-state index contributed by atoms with van der Waals surface area (Å²) in [7, 11) is 0. The van der Waals surface area contributed by atoms with Crippen LogP contribution in [0.3, 0.4) is 0 Å². The van der Waals surface area contributed by atoms with Crippen molar-refractivity contribution in [3.05, 3.63) is 35.4 Å². The second-order valence-corrected chi connectivity index (χ2v) is 3.75. The molecule has 0 bridgehead atoms. The Morgan fingerprint density at radius 1 is 1.31 bits per heavy atom. The average Bonchev–Trinajstić information content (AvgIpc) is 2.27. The molecule has 90 valence electrons. The van der Waals surface area contributed by atoms with Crippen molar-refractivity contribution in [1.29, 1.82) is 0 Å². The molecule has 0 aliphatic heterocycles. The molecule has 1 aromatic carbocycles. The number of nitrogens with zero attached hydrogens (tertiary/aromatic N) is 1. The van der Waals surface area contributed by atoms with Crippen molar-refractivity contribution in [2.75, 3.05) is 19.6 Å². The molecule has 16 heavy (non-hydrogen) atoms. The summed E-state index contributed by atoms with van der Waals surface area (Å²) in [5.74, 6) is -1.02. The first kappa shape index (κ1) is 13.1. The second-order valence-electron chi connectivity index (χ2n) is 3.75. The Labute approximate surface area is 95.1 Å². The second kappa shape index (κ2) is 6.55. The Balaban J connectivity index is 2.62. The summed E-state index contributed by atoms with van der Waals surface area (Å²) in [5.41, 5.74) is 5.95. The molecule has 2 nitrogen and oxygen atoms in total. The molecule has 0 fully saturated rings. The minimum Gasteiger partial charge on any atom is -0.330 e. The lowest BCUT2D eigenvalue weighted by Gasteiger charge is -2.20. The topological polar surface area (TPSA) is 29.3 Å². The smallest absolute Gasteiger partial charge is 0.130 e. The van der Waals surface area contributed by atoms with E-state index in [0.717, 1.165) is 25.6 Å². The zero-order valence-corrected chi connectivity index (χ0v) is 9.55. The van der Waals surface area contributed by atoms with Gasteiger partial charge < -0.3 is 5.73 Å². The van der Waals surface area contributed by atoms with Gasteiger partial charge in [0, 0.05) is 18.2 Å². The number of hydrogen-bond donors (Lipinski definition) is 1. The van der Waals surface area contributed by atoms with Gasteiger partial charge in [-0.2, -0.15) is 0 Å². The fraction of sp³-hybridized carbons (Fsp3) is 0.500. The number of hydrogen-bond acceptors (Lipinski definition) is 2. The maximum atomic E-state index is 13.4. The Bertz CT molecular complexity index is 329. The maximum Gasteiger partial charge on any atom is 0.130 e. The Kier molecular flexibility index (Phi) is 5.35. The predicted octanol–water partition coefficient (Wildman–Crippen LogP) is 2.14. The molecule has 0 radical (unpaired) electrons. The van der Waals surface area contributed by atoms with E-state index in [2.05, 4.69) is 4.90 Å². The van der Waals surface area contributed by atoms with Crippen LogP contribution in [0.2, 0.25) is 0 Å². The van der Waals surface area contributed by atoms with Crippen LogP contribution in [-0.4, -0.2) is 24.5 Å². The molecule has 0 amide bonds. The van der Waals surface area contributed by atoms with Crippen LogP contribution in [0.4, 0.5) is 8.78 Å². The van der Waals surface area contributed by atoms with Crippen molar-refractivity contribution >= 4 is 0 Å². The van der Waals surface area contributed by atoms with Crippen molar-refractivity contribution in [1.82, 2.24) is 4.90 Å². The summed E-state index contributed by atoms with van der Waals surface area (Å²) in [6, 6.07) is 3.71. The van der Waals surface area contributed by atoms with E-state index in [-0.39, 0.29) is 0 Å². The quantitative estimate of drug-likeness (QED) is 0.808. The van der Waals surface area contributed by atoms with Gasteiger partial charge in [0.15, 0.2) is 0 Å². The number of halogens is 2. The molecule has 1 aromatic rings. The third-order valence-electron chi connectivity index (χ3n) is 2.53. The molecule has 0 unspecified atom stereocenters. The van der Waals surface area contributed by atoms with Crippen LogP contribution in [0.15, 0.2) is 18.2 Å². The van der Waals surface area contributed by atoms with E-state index in [1.54, 1.807) is 0 Å². The third kappa shape index (κ3) is 3.87. The van der Waals surface area contributed by atoms with Crippen molar-refractivity contribution in [2.45, 2.75) is 19.9 Å². The van der Waals surface area contributed by atoms with Gasteiger partial charge in [-0.15, -0.1) is 0 Å². The van der Waals surface area contributed by atoms with Crippen LogP contribution in [0, 0.1) is 11.6 Å². The molecule has 1 rings (SSSR count). The van der Waals surface area contributed by atoms with Crippen LogP contribution < -0.4 is 5.73 Å². The largest absolute Gasteiger partial charge is 0.330 e. The molecule has 0 aliphatic rings. The van der Waals surface area contributed by atoms with Gasteiger partial charge in [0.1, 0.15) is 11.6 Å². The number of benzene rings is 1. The summed E-state index contributed by atoms with van der Waals surface area (Å²) >= 11 is 0. The molecular weight excluding hydrogens is 210 g/mol. The van der Waals surface area contributed by atoms with Crippen LogP contribution in [-0.2, 0) is 6.54 Å². The van der Waals surface area contributed by atoms with Gasteiger partial charge in [-0.1, -0.05) is 13.0 Å². The molecule has 0 spiro atoms. The maximum absolute atomic E-state index is 13.4. The normalized spacial score (nSPS) is 11.1. The highest BCUT2D eigenvalue weighted by atomic mass is 19.1. The number of rotatable bonds is 6. The molecule has 0 saturated carbocycles. The van der Waals surface area contributed by atoms with Crippen LogP contribution in [0.25, 0.3) is 0 Å². The van der Waals surface area contributed by atoms with E-state index in [4.69, 9.17) is 5.73 Å². The Hall–Kier alpha value is -1.00. The van der Waals surface area contributed by atoms with Gasteiger partial charge in [-0.3, -0.25) is 4.90 Å². The van der Waals surface area contributed by atoms with Crippen LogP contribution >= 0.6 is 0 Å². The van der Waals surface area contributed by atoms with Crippen molar-refractivity contribution in [3.63, 3.8) is 0 Å². The molecule has 0 aliphatic carbocycles. The van der Waals surface area contributed by atoms with Crippen LogP contribution in [0.5, 0.6) is 0 Å². The zero-order chi connectivity index (χ0) is 12.0. The highest BCUT2D eigenvalue weighted by molar-refractivity contribution is 5.18. The molecule has 4 heteroatoms. The zero-order valence-electron chi connectivity index (χ0n) is 9.55. The van der Waals surface area contributed by atoms with E-state index in [0.29, 0.717) is 18.7 Å². The number of nitrogens with two attached hydrogens (primary N) is 1. The van der Waals surface area contributed by atoms with E-state index >= 15 is 0 Å². The fourth-order valence-electron chi connectivity index (χ4n) is 1.55. The predicted molar refractivity (Wildman–Crippen MR) is 61.0 cm³/mol. The van der Waals surface area contributed by atoms with Gasteiger partial charge in [-0.05, 0) is 32.1 Å². The van der Waals surface area contributed by atoms with Gasteiger partial charge in [0.2, 0.25) is 0 Å². The van der Waals surface area contributed by atoms with Gasteiger partial charge in [0.05, 0.1) is 0 Å². The first-order valence-corrected chi connectivity index (χ1v) is 5.53. The van der Waals surface area contributed by atoms with E-state index in [1.165, 1.54) is 12.1 Å². The third-order valence-corrected chi connectivity index (χ3v) is 2.53. The van der Waals surface area contributed by atoms with E-state index < -0.39 is 11.6 Å². The Morgan fingerprint density at radius 3 is 2.62 bits per heavy atom. The molecule has 0 aromatic heterocycles. The van der Waals surface area contributed by atoms with Gasteiger partial charge in [-0.25, -0.2) is 8.78 Å². The monoisotopic (exact) mass is 228 g/mol. The SMILES string of the molecule is CCN(CCCN)Cc1ccc(F)cc1F. The highest BCUT2D eigenvalue weighted by Crippen LogP contribution is 2.12. The van der Waals surface area contributed by atoms with E-state index in [1.807, 2.05) is 6.92 Å². The van der Waals surface area contributed by atoms with Crippen molar-refractivity contribution < 1.29 is 8.78 Å². The van der Waals surface area contributed by atoms with Crippen molar-refractivity contribution in [3.8, 4) is 0 Å². The summed E-state index contributed by atoms with van der Waals surface area (Å²) in [4.78, 5) is 2.09. The standard InChI is InChI=1S/C12H18F2N2/c1-2-16(7-3-6-15)9-10-4-5-11(13)8-12(10)14/h4-5,8H,2-3,6-7,9,15H2,1H3. The summed E-state index contributed by atoms with van der Waals surface area (Å²) in [5, 5.41) is 0. The van der Waals surface area contributed by atoms with E-state index in [9.17, 15) is 8.78 Å². The first-order valence-electron chi connectivity index (χ1n) is 5.53. The lowest BCUT2D eigenvalue weighted by atomic mass is 10.2. The summed E-state index contributed by atoms with van der Waals surface area (Å²) < 4.78 is 26.1. The molecule has 0 atom stereocenters. The average molecular weight is 228 g/mol. The molecule has 2 N–H and O–H groups in total. The van der Waals surface area contributed by atoms with Crippen LogP contribution in [0.1, 0.15) is 18.9 Å².